The first-order valence-corrected chi connectivity index (χ1v) is 10.2. The van der Waals surface area contributed by atoms with E-state index in [-0.39, 0.29) is 18.0 Å². The summed E-state index contributed by atoms with van der Waals surface area (Å²) in [5.41, 5.74) is 0. The summed E-state index contributed by atoms with van der Waals surface area (Å²) in [5, 5.41) is 7.23. The fraction of sp³-hybridized carbons (Fsp3) is 0.842. The van der Waals surface area contributed by atoms with Crippen LogP contribution in [0.15, 0.2) is 4.52 Å². The molecule has 0 radical (unpaired) electrons. The third-order valence-corrected chi connectivity index (χ3v) is 5.53. The summed E-state index contributed by atoms with van der Waals surface area (Å²) in [6.07, 6.45) is 1.86. The van der Waals surface area contributed by atoms with E-state index in [1.807, 2.05) is 18.7 Å². The third-order valence-electron chi connectivity index (χ3n) is 5.53. The molecule has 0 spiro atoms. The Hall–Kier alpha value is -1.67. The van der Waals surface area contributed by atoms with Crippen LogP contribution in [0, 0.1) is 5.92 Å². The lowest BCUT2D eigenvalue weighted by Crippen LogP contribution is -2.47. The number of aromatic nitrogens is 2. The van der Waals surface area contributed by atoms with Crippen LogP contribution in [-0.2, 0) is 0 Å². The highest BCUT2D eigenvalue weighted by Gasteiger charge is 2.33. The van der Waals surface area contributed by atoms with Gasteiger partial charge in [0.2, 0.25) is 5.89 Å². The number of carbonyl (C=O) groups is 1. The SMILES string of the molecule is CC(CNC(=O)N1CCCC1c1noc(C(C)C)n1)CN1CCN(C)CC1. The Bertz CT molecular complexity index is 611. The third kappa shape index (κ3) is 5.19. The Kier molecular flexibility index (Phi) is 6.70. The Morgan fingerprint density at radius 3 is 2.63 bits per heavy atom. The van der Waals surface area contributed by atoms with Crippen molar-refractivity contribution in [3.05, 3.63) is 11.7 Å². The summed E-state index contributed by atoms with van der Waals surface area (Å²) in [6, 6.07) is -0.0900. The number of amides is 2. The highest BCUT2D eigenvalue weighted by Crippen LogP contribution is 2.30. The van der Waals surface area contributed by atoms with Crippen LogP contribution in [0.2, 0.25) is 0 Å². The second kappa shape index (κ2) is 9.01. The molecule has 3 heterocycles. The quantitative estimate of drug-likeness (QED) is 0.815. The predicted octanol–water partition coefficient (Wildman–Crippen LogP) is 1.92. The molecule has 2 aliphatic heterocycles. The van der Waals surface area contributed by atoms with E-state index in [0.717, 1.165) is 52.1 Å². The van der Waals surface area contributed by atoms with Crippen molar-refractivity contribution >= 4 is 6.03 Å². The molecule has 2 atom stereocenters. The van der Waals surface area contributed by atoms with Gasteiger partial charge in [-0.05, 0) is 25.8 Å². The van der Waals surface area contributed by atoms with Crippen LogP contribution in [0.3, 0.4) is 0 Å². The summed E-state index contributed by atoms with van der Waals surface area (Å²) in [6.45, 7) is 13.2. The molecule has 8 nitrogen and oxygen atoms in total. The predicted molar refractivity (Wildman–Crippen MR) is 104 cm³/mol. The number of hydrogen-bond donors (Lipinski definition) is 1. The van der Waals surface area contributed by atoms with Crippen LogP contribution in [0.25, 0.3) is 0 Å². The number of rotatable bonds is 6. The van der Waals surface area contributed by atoms with E-state index < -0.39 is 0 Å². The van der Waals surface area contributed by atoms with Crippen LogP contribution >= 0.6 is 0 Å². The molecule has 2 amide bonds. The monoisotopic (exact) mass is 378 g/mol. The lowest BCUT2D eigenvalue weighted by Gasteiger charge is -2.34. The van der Waals surface area contributed by atoms with Gasteiger partial charge in [0.15, 0.2) is 5.82 Å². The Morgan fingerprint density at radius 1 is 1.22 bits per heavy atom. The van der Waals surface area contributed by atoms with Crippen LogP contribution in [0.4, 0.5) is 4.79 Å². The number of nitrogens with zero attached hydrogens (tertiary/aromatic N) is 5. The molecule has 2 fully saturated rings. The highest BCUT2D eigenvalue weighted by atomic mass is 16.5. The Morgan fingerprint density at radius 2 is 1.96 bits per heavy atom. The summed E-state index contributed by atoms with van der Waals surface area (Å²) in [4.78, 5) is 23.9. The zero-order valence-corrected chi connectivity index (χ0v) is 17.1. The van der Waals surface area contributed by atoms with Crippen molar-refractivity contribution in [3.8, 4) is 0 Å². The van der Waals surface area contributed by atoms with Gasteiger partial charge in [0.05, 0.1) is 6.04 Å². The minimum absolute atomic E-state index is 0.0152. The van der Waals surface area contributed by atoms with Crippen molar-refractivity contribution in [3.63, 3.8) is 0 Å². The lowest BCUT2D eigenvalue weighted by molar-refractivity contribution is 0.137. The Labute approximate surface area is 162 Å². The fourth-order valence-corrected chi connectivity index (χ4v) is 3.79. The second-order valence-electron chi connectivity index (χ2n) is 8.39. The van der Waals surface area contributed by atoms with E-state index in [1.54, 1.807) is 0 Å². The maximum absolute atomic E-state index is 12.7. The second-order valence-corrected chi connectivity index (χ2v) is 8.39. The maximum atomic E-state index is 12.7. The molecule has 152 valence electrons. The topological polar surface area (TPSA) is 77.7 Å². The molecule has 0 bridgehead atoms. The molecule has 0 aromatic carbocycles. The molecule has 3 rings (SSSR count). The molecule has 0 aliphatic carbocycles. The van der Waals surface area contributed by atoms with Gasteiger partial charge >= 0.3 is 6.03 Å². The average molecular weight is 379 g/mol. The van der Waals surface area contributed by atoms with Gasteiger partial charge in [-0.25, -0.2) is 4.79 Å². The number of likely N-dealkylation sites (N-methyl/N-ethyl adjacent to an activating group) is 1. The summed E-state index contributed by atoms with van der Waals surface area (Å²) in [5.74, 6) is 1.90. The number of hydrogen-bond acceptors (Lipinski definition) is 6. The average Bonchev–Trinajstić information content (AvgIpc) is 3.30. The molecule has 8 heteroatoms. The molecular formula is C19H34N6O2. The number of likely N-dealkylation sites (tertiary alicyclic amines) is 1. The van der Waals surface area contributed by atoms with Crippen LogP contribution < -0.4 is 5.32 Å². The first kappa shape index (κ1) is 20.1. The molecule has 27 heavy (non-hydrogen) atoms. The van der Waals surface area contributed by atoms with E-state index in [1.165, 1.54) is 0 Å². The van der Waals surface area contributed by atoms with Crippen LogP contribution in [-0.4, -0.2) is 83.7 Å². The van der Waals surface area contributed by atoms with Crippen molar-refractivity contribution in [2.24, 2.45) is 5.92 Å². The van der Waals surface area contributed by atoms with Gasteiger partial charge in [0, 0.05) is 51.7 Å². The Balaban J connectivity index is 1.47. The molecule has 1 N–H and O–H groups in total. The first-order chi connectivity index (χ1) is 12.9. The fourth-order valence-electron chi connectivity index (χ4n) is 3.79. The molecule has 1 aromatic rings. The normalized spacial score (nSPS) is 23.1. The zero-order valence-electron chi connectivity index (χ0n) is 17.1. The largest absolute Gasteiger partial charge is 0.339 e. The standard InChI is InChI=1S/C19H34N6O2/c1-14(2)18-21-17(22-27-18)16-6-5-7-25(16)19(26)20-12-15(3)13-24-10-8-23(4)9-11-24/h14-16H,5-13H2,1-4H3,(H,20,26). The van der Waals surface area contributed by atoms with E-state index in [2.05, 4.69) is 39.2 Å². The summed E-state index contributed by atoms with van der Waals surface area (Å²) in [7, 11) is 2.17. The first-order valence-electron chi connectivity index (χ1n) is 10.2. The zero-order chi connectivity index (χ0) is 19.4. The number of urea groups is 1. The van der Waals surface area contributed by atoms with Crippen LogP contribution in [0.1, 0.15) is 57.3 Å². The van der Waals surface area contributed by atoms with Crippen molar-refractivity contribution in [1.82, 2.24) is 30.2 Å². The number of nitrogens with one attached hydrogen (secondary N) is 1. The van der Waals surface area contributed by atoms with E-state index in [4.69, 9.17) is 4.52 Å². The van der Waals surface area contributed by atoms with E-state index in [0.29, 0.717) is 24.2 Å². The van der Waals surface area contributed by atoms with Crippen molar-refractivity contribution in [1.29, 1.82) is 0 Å². The molecule has 2 unspecified atom stereocenters. The summed E-state index contributed by atoms with van der Waals surface area (Å²) >= 11 is 0. The number of piperazine rings is 1. The van der Waals surface area contributed by atoms with Gasteiger partial charge in [-0.2, -0.15) is 4.98 Å². The van der Waals surface area contributed by atoms with Gasteiger partial charge in [-0.3, -0.25) is 0 Å². The van der Waals surface area contributed by atoms with Gasteiger partial charge in [-0.15, -0.1) is 0 Å². The lowest BCUT2D eigenvalue weighted by atomic mass is 10.1. The molecule has 2 aliphatic rings. The van der Waals surface area contributed by atoms with Gasteiger partial charge in [0.1, 0.15) is 0 Å². The minimum atomic E-state index is -0.0748. The van der Waals surface area contributed by atoms with Gasteiger partial charge in [0.25, 0.3) is 0 Å². The maximum Gasteiger partial charge on any atom is 0.318 e. The minimum Gasteiger partial charge on any atom is -0.339 e. The smallest absolute Gasteiger partial charge is 0.318 e. The van der Waals surface area contributed by atoms with Crippen molar-refractivity contribution in [2.45, 2.75) is 45.6 Å². The molecule has 2 saturated heterocycles. The van der Waals surface area contributed by atoms with Crippen LogP contribution in [0.5, 0.6) is 0 Å². The highest BCUT2D eigenvalue weighted by molar-refractivity contribution is 5.74. The summed E-state index contributed by atoms with van der Waals surface area (Å²) < 4.78 is 5.33. The molecular weight excluding hydrogens is 344 g/mol. The van der Waals surface area contributed by atoms with E-state index in [9.17, 15) is 4.79 Å². The van der Waals surface area contributed by atoms with Crippen molar-refractivity contribution in [2.75, 3.05) is 52.9 Å². The van der Waals surface area contributed by atoms with Gasteiger partial charge in [-0.1, -0.05) is 25.9 Å². The van der Waals surface area contributed by atoms with Crippen molar-refractivity contribution < 1.29 is 9.32 Å². The molecule has 0 saturated carbocycles. The van der Waals surface area contributed by atoms with Gasteiger partial charge < -0.3 is 24.5 Å². The molecule has 1 aromatic heterocycles. The number of carbonyl (C=O) groups excluding carboxylic acids is 1. The van der Waals surface area contributed by atoms with E-state index >= 15 is 0 Å².